The van der Waals surface area contributed by atoms with Crippen molar-refractivity contribution in [2.24, 2.45) is 11.7 Å². The molecular formula is C12H24BNO. The van der Waals surface area contributed by atoms with E-state index in [-0.39, 0.29) is 5.60 Å². The van der Waals surface area contributed by atoms with Crippen LogP contribution in [0.1, 0.15) is 41.0 Å². The van der Waals surface area contributed by atoms with Crippen LogP contribution >= 0.6 is 0 Å². The van der Waals surface area contributed by atoms with Crippen LogP contribution in [0.2, 0.25) is 0 Å². The predicted octanol–water partition coefficient (Wildman–Crippen LogP) is 2.56. The molecule has 0 aliphatic heterocycles. The van der Waals surface area contributed by atoms with Crippen LogP contribution in [0.15, 0.2) is 23.8 Å². The number of nitrogens with two attached hydrogens (primary N) is 1. The van der Waals surface area contributed by atoms with E-state index in [1.807, 2.05) is 12.2 Å². The van der Waals surface area contributed by atoms with Gasteiger partial charge < -0.3 is 10.4 Å². The van der Waals surface area contributed by atoms with Gasteiger partial charge in [-0.1, -0.05) is 39.0 Å². The Morgan fingerprint density at radius 1 is 1.47 bits per heavy atom. The molecule has 0 aliphatic rings. The molecule has 0 radical (unpaired) electrons. The summed E-state index contributed by atoms with van der Waals surface area (Å²) in [5, 5.41) is 0. The van der Waals surface area contributed by atoms with E-state index in [2.05, 4.69) is 40.7 Å². The van der Waals surface area contributed by atoms with Gasteiger partial charge in [-0.3, -0.25) is 0 Å². The van der Waals surface area contributed by atoms with Crippen LogP contribution in [0.5, 0.6) is 0 Å². The maximum atomic E-state index is 5.81. The van der Waals surface area contributed by atoms with Crippen molar-refractivity contribution in [1.82, 2.24) is 0 Å². The van der Waals surface area contributed by atoms with Crippen molar-refractivity contribution < 1.29 is 4.65 Å². The summed E-state index contributed by atoms with van der Waals surface area (Å²) in [6.45, 7) is 10.6. The summed E-state index contributed by atoms with van der Waals surface area (Å²) < 4.78 is 5.76. The zero-order valence-corrected chi connectivity index (χ0v) is 10.7. The Balaban J connectivity index is 4.05. The molecule has 0 heterocycles. The number of rotatable bonds is 6. The third kappa shape index (κ3) is 6.40. The second kappa shape index (κ2) is 6.73. The fourth-order valence-electron chi connectivity index (χ4n) is 0.812. The van der Waals surface area contributed by atoms with Crippen LogP contribution in [0.25, 0.3) is 0 Å². The second-order valence-electron chi connectivity index (χ2n) is 4.62. The molecule has 0 amide bonds. The minimum Gasteiger partial charge on any atom is -0.428 e. The predicted molar refractivity (Wildman–Crippen MR) is 68.9 cm³/mol. The molecule has 0 saturated carbocycles. The van der Waals surface area contributed by atoms with E-state index >= 15 is 0 Å². The van der Waals surface area contributed by atoms with E-state index in [0.29, 0.717) is 13.4 Å². The summed E-state index contributed by atoms with van der Waals surface area (Å²) >= 11 is 0. The lowest BCUT2D eigenvalue weighted by atomic mass is 9.88. The van der Waals surface area contributed by atoms with Gasteiger partial charge in [0, 0.05) is 11.2 Å². The largest absolute Gasteiger partial charge is 0.428 e. The first-order chi connectivity index (χ1) is 6.90. The van der Waals surface area contributed by atoms with E-state index in [0.717, 1.165) is 12.0 Å². The van der Waals surface area contributed by atoms with Crippen molar-refractivity contribution in [3.05, 3.63) is 23.8 Å². The molecule has 0 saturated heterocycles. The summed E-state index contributed by atoms with van der Waals surface area (Å²) in [7, 11) is 0.499. The maximum Gasteiger partial charge on any atom is 0.325 e. The van der Waals surface area contributed by atoms with E-state index in [4.69, 9.17) is 10.4 Å². The molecule has 0 spiro atoms. The summed E-state index contributed by atoms with van der Waals surface area (Å²) in [6.07, 6.45) is 6.98. The Bertz CT molecular complexity index is 232. The van der Waals surface area contributed by atoms with Gasteiger partial charge in [0.1, 0.15) is 0 Å². The minimum atomic E-state index is -0.118. The van der Waals surface area contributed by atoms with Gasteiger partial charge in [-0.2, -0.15) is 0 Å². The Hall–Kier alpha value is -0.695. The fourth-order valence-corrected chi connectivity index (χ4v) is 0.812. The van der Waals surface area contributed by atoms with Crippen molar-refractivity contribution in [1.29, 1.82) is 0 Å². The Morgan fingerprint density at radius 3 is 2.53 bits per heavy atom. The van der Waals surface area contributed by atoms with Crippen LogP contribution < -0.4 is 5.73 Å². The molecule has 0 rings (SSSR count). The molecule has 0 fully saturated rings. The average molecular weight is 209 g/mol. The fraction of sp³-hybridized carbons (Fsp3) is 0.667. The first kappa shape index (κ1) is 14.3. The van der Waals surface area contributed by atoms with Gasteiger partial charge in [0.2, 0.25) is 0 Å². The highest BCUT2D eigenvalue weighted by atomic mass is 16.5. The van der Waals surface area contributed by atoms with Crippen LogP contribution in [0, 0.1) is 5.92 Å². The van der Waals surface area contributed by atoms with Gasteiger partial charge in [0.05, 0.1) is 0 Å². The van der Waals surface area contributed by atoms with Crippen LogP contribution in [0.4, 0.5) is 0 Å². The molecule has 2 N–H and O–H groups in total. The Kier molecular flexibility index (Phi) is 6.42. The topological polar surface area (TPSA) is 35.2 Å². The normalized spacial score (nSPS) is 13.9. The highest BCUT2D eigenvalue weighted by Crippen LogP contribution is 2.19. The zero-order chi connectivity index (χ0) is 11.9. The van der Waals surface area contributed by atoms with E-state index in [1.54, 1.807) is 0 Å². The van der Waals surface area contributed by atoms with Crippen LogP contribution in [-0.4, -0.2) is 13.1 Å². The lowest BCUT2D eigenvalue weighted by Crippen LogP contribution is -2.34. The highest BCUT2D eigenvalue weighted by molar-refractivity contribution is 6.37. The lowest BCUT2D eigenvalue weighted by Gasteiger charge is -2.30. The Morgan fingerprint density at radius 2 is 2.07 bits per heavy atom. The van der Waals surface area contributed by atoms with Gasteiger partial charge in [0.15, 0.2) is 0 Å². The van der Waals surface area contributed by atoms with Crippen molar-refractivity contribution >= 4 is 7.48 Å². The van der Waals surface area contributed by atoms with Gasteiger partial charge >= 0.3 is 7.48 Å². The first-order valence-corrected chi connectivity index (χ1v) is 5.65. The zero-order valence-electron chi connectivity index (χ0n) is 10.7. The van der Waals surface area contributed by atoms with E-state index < -0.39 is 0 Å². The number of hydrogen-bond donors (Lipinski definition) is 1. The maximum absolute atomic E-state index is 5.81. The third-order valence-electron chi connectivity index (χ3n) is 2.68. The molecule has 0 aliphatic carbocycles. The molecule has 0 bridgehead atoms. The molecular weight excluding hydrogens is 185 g/mol. The molecule has 0 atom stereocenters. The number of allylic oxidation sites excluding steroid dienone is 3. The van der Waals surface area contributed by atoms with Gasteiger partial charge in [-0.15, -0.1) is 0 Å². The minimum absolute atomic E-state index is 0.118. The van der Waals surface area contributed by atoms with Crippen molar-refractivity contribution in [2.75, 3.05) is 0 Å². The first-order valence-electron chi connectivity index (χ1n) is 5.65. The molecule has 2 nitrogen and oxygen atoms in total. The smallest absolute Gasteiger partial charge is 0.325 e. The Labute approximate surface area is 94.9 Å². The van der Waals surface area contributed by atoms with Crippen molar-refractivity contribution in [3.63, 3.8) is 0 Å². The second-order valence-corrected chi connectivity index (χ2v) is 4.62. The number of hydrogen-bond acceptors (Lipinski definition) is 2. The SMILES string of the molecule is CC/C=C/C=C(\N)BOC(C)(C)C(C)C. The summed E-state index contributed by atoms with van der Waals surface area (Å²) in [4.78, 5) is 0. The lowest BCUT2D eigenvalue weighted by molar-refractivity contribution is 0.0658. The molecule has 0 aromatic rings. The highest BCUT2D eigenvalue weighted by Gasteiger charge is 2.22. The van der Waals surface area contributed by atoms with Gasteiger partial charge in [-0.05, 0) is 26.2 Å². The van der Waals surface area contributed by atoms with Crippen LogP contribution in [-0.2, 0) is 4.65 Å². The molecule has 0 unspecified atom stereocenters. The van der Waals surface area contributed by atoms with Crippen molar-refractivity contribution in [2.45, 2.75) is 46.6 Å². The molecule has 0 aromatic heterocycles. The standard InChI is InChI=1S/C12H24BNO/c1-6-7-8-9-11(14)13-15-12(4,5)10(2)3/h7-10,13H,6,14H2,1-5H3/b8-7+,11-9-. The van der Waals surface area contributed by atoms with Gasteiger partial charge in [0.25, 0.3) is 0 Å². The summed E-state index contributed by atoms with van der Waals surface area (Å²) in [5.41, 5.74) is 6.46. The molecule has 0 aromatic carbocycles. The average Bonchev–Trinajstić information content (AvgIpc) is 2.15. The third-order valence-corrected chi connectivity index (χ3v) is 2.68. The summed E-state index contributed by atoms with van der Waals surface area (Å²) in [5.74, 6) is 0.483. The van der Waals surface area contributed by atoms with E-state index in [9.17, 15) is 0 Å². The van der Waals surface area contributed by atoms with Crippen molar-refractivity contribution in [3.8, 4) is 0 Å². The molecule has 15 heavy (non-hydrogen) atoms. The molecule has 86 valence electrons. The van der Waals surface area contributed by atoms with Crippen LogP contribution in [0.3, 0.4) is 0 Å². The monoisotopic (exact) mass is 209 g/mol. The quantitative estimate of drug-likeness (QED) is 0.539. The summed E-state index contributed by atoms with van der Waals surface area (Å²) in [6, 6.07) is 0. The molecule has 3 heteroatoms. The van der Waals surface area contributed by atoms with E-state index in [1.165, 1.54) is 0 Å². The van der Waals surface area contributed by atoms with Gasteiger partial charge in [-0.25, -0.2) is 0 Å².